The standard InChI is InChI=1S/C16H22N6O8/c1-2-6(24)8(15(27)28)20-16(29)21-12-9-13(18-4-17-12)22(5-19-9)14-11(26)10(25)7(3-23)30-14/h4-8,10-11,14,23-26H,2-3H2,1H3,(H,27,28)(H2,17,18,20,21,29)/t6-,7-,8+,10-,11-,14-/m1/s1. The fourth-order valence-corrected chi connectivity index (χ4v) is 3.08. The second-order valence-electron chi connectivity index (χ2n) is 6.67. The van der Waals surface area contributed by atoms with Crippen LogP contribution >= 0.6 is 0 Å². The van der Waals surface area contributed by atoms with Gasteiger partial charge in [0, 0.05) is 0 Å². The molecule has 0 aliphatic carbocycles. The smallest absolute Gasteiger partial charge is 0.328 e. The molecule has 0 unspecified atom stereocenters. The normalized spacial score (nSPS) is 25.8. The predicted molar refractivity (Wildman–Crippen MR) is 98.2 cm³/mol. The molecule has 0 saturated carbocycles. The predicted octanol–water partition coefficient (Wildman–Crippen LogP) is -2.22. The van der Waals surface area contributed by atoms with Crippen molar-refractivity contribution in [2.45, 2.75) is 50.0 Å². The topological polar surface area (TPSA) is 212 Å². The highest BCUT2D eigenvalue weighted by atomic mass is 16.6. The number of carbonyl (C=O) groups is 2. The number of carboxylic acid groups (broad SMARTS) is 1. The van der Waals surface area contributed by atoms with Gasteiger partial charge >= 0.3 is 12.0 Å². The number of aliphatic hydroxyl groups is 4. The van der Waals surface area contributed by atoms with Gasteiger partial charge in [0.2, 0.25) is 0 Å². The van der Waals surface area contributed by atoms with Crippen LogP contribution in [0.1, 0.15) is 19.6 Å². The first-order valence-corrected chi connectivity index (χ1v) is 9.06. The second kappa shape index (κ2) is 8.85. The first kappa shape index (κ1) is 21.8. The van der Waals surface area contributed by atoms with Gasteiger partial charge in [0.25, 0.3) is 0 Å². The summed E-state index contributed by atoms with van der Waals surface area (Å²) >= 11 is 0. The lowest BCUT2D eigenvalue weighted by Gasteiger charge is -2.19. The summed E-state index contributed by atoms with van der Waals surface area (Å²) in [5, 5.41) is 52.8. The summed E-state index contributed by atoms with van der Waals surface area (Å²) in [6.07, 6.45) is -3.58. The first-order chi connectivity index (χ1) is 14.3. The van der Waals surface area contributed by atoms with E-state index in [4.69, 9.17) is 9.84 Å². The number of nitrogens with one attached hydrogen (secondary N) is 2. The van der Waals surface area contributed by atoms with Crippen molar-refractivity contribution in [3.8, 4) is 0 Å². The SMILES string of the molecule is CC[C@@H](O)[C@H](NC(=O)Nc1ncnc2c1ncn2[C@@H]1O[C@H](CO)[C@@H](O)[C@H]1O)C(=O)O. The molecule has 14 heteroatoms. The molecule has 2 aromatic rings. The number of aliphatic hydroxyl groups excluding tert-OH is 4. The molecular weight excluding hydrogens is 404 g/mol. The Kier molecular flexibility index (Phi) is 6.42. The van der Waals surface area contributed by atoms with Gasteiger partial charge in [-0.3, -0.25) is 9.88 Å². The van der Waals surface area contributed by atoms with Gasteiger partial charge < -0.3 is 35.6 Å². The second-order valence-corrected chi connectivity index (χ2v) is 6.67. The van der Waals surface area contributed by atoms with Gasteiger partial charge in [-0.2, -0.15) is 0 Å². The first-order valence-electron chi connectivity index (χ1n) is 9.06. The van der Waals surface area contributed by atoms with Gasteiger partial charge in [-0.1, -0.05) is 6.92 Å². The highest BCUT2D eigenvalue weighted by Gasteiger charge is 2.44. The molecule has 1 fully saturated rings. The molecule has 1 saturated heterocycles. The Hall–Kier alpha value is -2.91. The summed E-state index contributed by atoms with van der Waals surface area (Å²) in [5.41, 5.74) is 0.256. The van der Waals surface area contributed by atoms with Crippen LogP contribution in [-0.4, -0.2) is 94.1 Å². The van der Waals surface area contributed by atoms with Gasteiger partial charge in [0.05, 0.1) is 19.0 Å². The zero-order valence-electron chi connectivity index (χ0n) is 15.8. The Morgan fingerprint density at radius 2 is 2.00 bits per heavy atom. The molecule has 2 aromatic heterocycles. The van der Waals surface area contributed by atoms with Crippen LogP contribution in [0.4, 0.5) is 10.6 Å². The molecule has 1 aliphatic rings. The number of hydrogen-bond acceptors (Lipinski definition) is 10. The third-order valence-electron chi connectivity index (χ3n) is 4.74. The minimum Gasteiger partial charge on any atom is -0.480 e. The number of carbonyl (C=O) groups excluding carboxylic acids is 1. The van der Waals surface area contributed by atoms with Crippen LogP contribution in [0.3, 0.4) is 0 Å². The van der Waals surface area contributed by atoms with Crippen LogP contribution < -0.4 is 10.6 Å². The summed E-state index contributed by atoms with van der Waals surface area (Å²) < 4.78 is 6.76. The number of ether oxygens (including phenoxy) is 1. The van der Waals surface area contributed by atoms with Crippen molar-refractivity contribution in [3.63, 3.8) is 0 Å². The van der Waals surface area contributed by atoms with Crippen molar-refractivity contribution < 1.29 is 39.9 Å². The van der Waals surface area contributed by atoms with E-state index in [-0.39, 0.29) is 23.4 Å². The number of urea groups is 1. The monoisotopic (exact) mass is 426 g/mol. The number of imidazole rings is 1. The Balaban J connectivity index is 1.82. The van der Waals surface area contributed by atoms with Crippen LogP contribution in [0.2, 0.25) is 0 Å². The number of hydrogen-bond donors (Lipinski definition) is 7. The fourth-order valence-electron chi connectivity index (χ4n) is 3.08. The third kappa shape index (κ3) is 4.03. The van der Waals surface area contributed by atoms with Crippen molar-refractivity contribution in [3.05, 3.63) is 12.7 Å². The Morgan fingerprint density at radius 1 is 1.27 bits per heavy atom. The maximum atomic E-state index is 12.2. The number of aliphatic carboxylic acids is 1. The van der Waals surface area contributed by atoms with Crippen LogP contribution in [0.25, 0.3) is 11.2 Å². The van der Waals surface area contributed by atoms with Crippen LogP contribution in [-0.2, 0) is 9.53 Å². The van der Waals surface area contributed by atoms with Crippen molar-refractivity contribution in [2.24, 2.45) is 0 Å². The number of anilines is 1. The van der Waals surface area contributed by atoms with Gasteiger partial charge in [0.15, 0.2) is 29.3 Å². The van der Waals surface area contributed by atoms with Gasteiger partial charge in [0.1, 0.15) is 24.6 Å². The summed E-state index contributed by atoms with van der Waals surface area (Å²) in [5.74, 6) is -1.46. The maximum absolute atomic E-state index is 12.2. The fraction of sp³-hybridized carbons (Fsp3) is 0.562. The molecule has 6 atom stereocenters. The van der Waals surface area contributed by atoms with Gasteiger partial charge in [-0.25, -0.2) is 24.5 Å². The summed E-state index contributed by atoms with van der Waals surface area (Å²) in [6.45, 7) is 1.07. The summed E-state index contributed by atoms with van der Waals surface area (Å²) in [4.78, 5) is 35.5. The highest BCUT2D eigenvalue weighted by molar-refractivity contribution is 5.97. The zero-order chi connectivity index (χ0) is 22.0. The van der Waals surface area contributed by atoms with E-state index in [1.807, 2.05) is 0 Å². The van der Waals surface area contributed by atoms with Crippen LogP contribution in [0, 0.1) is 0 Å². The lowest BCUT2D eigenvalue weighted by Crippen LogP contribution is -2.50. The average molecular weight is 426 g/mol. The van der Waals surface area contributed by atoms with E-state index in [9.17, 15) is 30.0 Å². The minimum absolute atomic E-state index is 0.0573. The van der Waals surface area contributed by atoms with Gasteiger partial charge in [-0.05, 0) is 6.42 Å². The van der Waals surface area contributed by atoms with E-state index >= 15 is 0 Å². The third-order valence-corrected chi connectivity index (χ3v) is 4.74. The highest BCUT2D eigenvalue weighted by Crippen LogP contribution is 2.32. The zero-order valence-corrected chi connectivity index (χ0v) is 15.8. The lowest BCUT2D eigenvalue weighted by atomic mass is 10.1. The number of fused-ring (bicyclic) bond motifs is 1. The van der Waals surface area contributed by atoms with E-state index in [1.54, 1.807) is 6.92 Å². The van der Waals surface area contributed by atoms with Crippen LogP contribution in [0.15, 0.2) is 12.7 Å². The number of carboxylic acids is 1. The number of nitrogens with zero attached hydrogens (tertiary/aromatic N) is 4. The van der Waals surface area contributed by atoms with Gasteiger partial charge in [-0.15, -0.1) is 0 Å². The van der Waals surface area contributed by atoms with Crippen LogP contribution in [0.5, 0.6) is 0 Å². The van der Waals surface area contributed by atoms with E-state index in [0.29, 0.717) is 0 Å². The molecular formula is C16H22N6O8. The summed E-state index contributed by atoms with van der Waals surface area (Å²) in [6, 6.07) is -2.46. The number of aromatic nitrogens is 4. The quantitative estimate of drug-likeness (QED) is 0.252. The Labute approximate surface area is 169 Å². The molecule has 30 heavy (non-hydrogen) atoms. The summed E-state index contributed by atoms with van der Waals surface area (Å²) in [7, 11) is 0. The molecule has 7 N–H and O–H groups in total. The molecule has 1 aliphatic heterocycles. The molecule has 3 heterocycles. The Morgan fingerprint density at radius 3 is 2.60 bits per heavy atom. The number of amides is 2. The van der Waals surface area contributed by atoms with E-state index < -0.39 is 55.3 Å². The molecule has 0 radical (unpaired) electrons. The minimum atomic E-state index is -1.52. The van der Waals surface area contributed by atoms with E-state index in [1.165, 1.54) is 10.9 Å². The van der Waals surface area contributed by atoms with Crippen molar-refractivity contribution >= 4 is 29.0 Å². The Bertz CT molecular complexity index is 922. The largest absolute Gasteiger partial charge is 0.480 e. The van der Waals surface area contributed by atoms with E-state index in [2.05, 4.69) is 25.6 Å². The van der Waals surface area contributed by atoms with Crippen molar-refractivity contribution in [1.29, 1.82) is 0 Å². The molecule has 14 nitrogen and oxygen atoms in total. The molecule has 164 valence electrons. The van der Waals surface area contributed by atoms with Crippen molar-refractivity contribution in [1.82, 2.24) is 24.8 Å². The van der Waals surface area contributed by atoms with Crippen molar-refractivity contribution in [2.75, 3.05) is 11.9 Å². The molecule has 0 bridgehead atoms. The molecule has 0 spiro atoms. The lowest BCUT2D eigenvalue weighted by molar-refractivity contribution is -0.142. The molecule has 0 aromatic carbocycles. The van der Waals surface area contributed by atoms with E-state index in [0.717, 1.165) is 6.33 Å². The molecule has 2 amide bonds. The average Bonchev–Trinajstić information content (AvgIpc) is 3.27. The molecule has 3 rings (SSSR count). The number of rotatable bonds is 7. The maximum Gasteiger partial charge on any atom is 0.328 e.